The topological polar surface area (TPSA) is 105 Å². The Balaban J connectivity index is 2.43. The van der Waals surface area contributed by atoms with Crippen molar-refractivity contribution in [2.24, 2.45) is 11.7 Å². The number of nitrogens with one attached hydrogen (secondary N) is 1. The molecular formula is C15H23N3O3. The average molecular weight is 293 g/mol. The van der Waals surface area contributed by atoms with Gasteiger partial charge in [0, 0.05) is 6.42 Å². The number of carbonyl (C=O) groups excluding carboxylic acids is 1. The highest BCUT2D eigenvalue weighted by molar-refractivity contribution is 5.91. The van der Waals surface area contributed by atoms with E-state index in [0.717, 1.165) is 25.7 Å². The first-order chi connectivity index (χ1) is 10.1. The molecule has 4 N–H and O–H groups in total. The molecule has 0 saturated carbocycles. The molecule has 1 unspecified atom stereocenters. The summed E-state index contributed by atoms with van der Waals surface area (Å²) in [4.78, 5) is 26.3. The Hall–Kier alpha value is -1.95. The van der Waals surface area contributed by atoms with Gasteiger partial charge in [-0.15, -0.1) is 0 Å². The minimum Gasteiger partial charge on any atom is -0.477 e. The summed E-state index contributed by atoms with van der Waals surface area (Å²) in [7, 11) is 0. The molecule has 116 valence electrons. The Morgan fingerprint density at radius 3 is 2.62 bits per heavy atom. The predicted octanol–water partition coefficient (Wildman–Crippen LogP) is 2.26. The fraction of sp³-hybridized carbons (Fsp3) is 0.533. The summed E-state index contributed by atoms with van der Waals surface area (Å²) in [5.74, 6) is -0.687. The van der Waals surface area contributed by atoms with E-state index in [9.17, 15) is 9.59 Å². The van der Waals surface area contributed by atoms with Crippen LogP contribution in [0.5, 0.6) is 0 Å². The van der Waals surface area contributed by atoms with E-state index < -0.39 is 5.97 Å². The van der Waals surface area contributed by atoms with E-state index in [0.29, 0.717) is 24.6 Å². The van der Waals surface area contributed by atoms with Crippen molar-refractivity contribution in [3.8, 4) is 0 Å². The first kappa shape index (κ1) is 17.1. The lowest BCUT2D eigenvalue weighted by molar-refractivity contribution is -0.116. The minimum absolute atomic E-state index is 0.0426. The fourth-order valence-corrected chi connectivity index (χ4v) is 2.23. The van der Waals surface area contributed by atoms with Gasteiger partial charge in [-0.1, -0.05) is 19.8 Å². The molecule has 1 atom stereocenters. The van der Waals surface area contributed by atoms with Gasteiger partial charge in [0.1, 0.15) is 5.69 Å². The lowest BCUT2D eigenvalue weighted by atomic mass is 9.94. The second kappa shape index (κ2) is 9.07. The Kier molecular flexibility index (Phi) is 7.39. The van der Waals surface area contributed by atoms with Gasteiger partial charge in [0.15, 0.2) is 0 Å². The molecule has 6 nitrogen and oxygen atoms in total. The monoisotopic (exact) mass is 293 g/mol. The van der Waals surface area contributed by atoms with Gasteiger partial charge in [0.2, 0.25) is 5.91 Å². The maximum atomic E-state index is 11.9. The van der Waals surface area contributed by atoms with Gasteiger partial charge in [-0.05, 0) is 37.4 Å². The molecule has 0 saturated heterocycles. The zero-order valence-electron chi connectivity index (χ0n) is 12.3. The van der Waals surface area contributed by atoms with E-state index in [1.165, 1.54) is 18.3 Å². The number of pyridine rings is 1. The highest BCUT2D eigenvalue weighted by Gasteiger charge is 2.11. The average Bonchev–Trinajstić information content (AvgIpc) is 2.46. The van der Waals surface area contributed by atoms with E-state index in [1.807, 2.05) is 0 Å². The van der Waals surface area contributed by atoms with Crippen LogP contribution < -0.4 is 11.1 Å². The molecule has 0 fully saturated rings. The van der Waals surface area contributed by atoms with Crippen LogP contribution in [0.15, 0.2) is 18.3 Å². The number of carboxylic acid groups (broad SMARTS) is 1. The zero-order valence-corrected chi connectivity index (χ0v) is 12.3. The Bertz CT molecular complexity index is 454. The molecule has 21 heavy (non-hydrogen) atoms. The molecule has 0 radical (unpaired) electrons. The standard InChI is InChI=1S/C15H23N3O3/c1-2-3-11(8-9-16)4-7-14(19)18-12-5-6-13(15(20)21)17-10-12/h5-6,10-11H,2-4,7-9,16H2,1H3,(H,18,19)(H,20,21). The summed E-state index contributed by atoms with van der Waals surface area (Å²) in [5.41, 5.74) is 6.04. The van der Waals surface area contributed by atoms with Crippen LogP contribution in [0.1, 0.15) is 49.5 Å². The Morgan fingerprint density at radius 1 is 1.33 bits per heavy atom. The van der Waals surface area contributed by atoms with Crippen molar-refractivity contribution in [3.05, 3.63) is 24.0 Å². The van der Waals surface area contributed by atoms with Crippen molar-refractivity contribution in [2.45, 2.75) is 39.0 Å². The van der Waals surface area contributed by atoms with E-state index in [2.05, 4.69) is 17.2 Å². The number of aromatic carboxylic acids is 1. The SMILES string of the molecule is CCCC(CCN)CCC(=O)Nc1ccc(C(=O)O)nc1. The van der Waals surface area contributed by atoms with Crippen LogP contribution in [-0.4, -0.2) is 28.5 Å². The second-order valence-corrected chi connectivity index (χ2v) is 5.06. The third-order valence-electron chi connectivity index (χ3n) is 3.32. The highest BCUT2D eigenvalue weighted by Crippen LogP contribution is 2.17. The van der Waals surface area contributed by atoms with Gasteiger partial charge in [0.25, 0.3) is 0 Å². The van der Waals surface area contributed by atoms with Gasteiger partial charge >= 0.3 is 5.97 Å². The predicted molar refractivity (Wildman–Crippen MR) is 81.1 cm³/mol. The number of amides is 1. The molecule has 0 aliphatic carbocycles. The zero-order chi connectivity index (χ0) is 15.7. The number of carbonyl (C=O) groups is 2. The van der Waals surface area contributed by atoms with Crippen LogP contribution in [0.3, 0.4) is 0 Å². The molecule has 0 spiro atoms. The number of nitrogens with zero attached hydrogens (tertiary/aromatic N) is 1. The lowest BCUT2D eigenvalue weighted by Gasteiger charge is -2.14. The maximum Gasteiger partial charge on any atom is 0.354 e. The fourth-order valence-electron chi connectivity index (χ4n) is 2.23. The summed E-state index contributed by atoms with van der Waals surface area (Å²) in [6.07, 6.45) is 5.72. The van der Waals surface area contributed by atoms with Crippen molar-refractivity contribution >= 4 is 17.6 Å². The van der Waals surface area contributed by atoms with Crippen LogP contribution in [0.2, 0.25) is 0 Å². The number of aromatic nitrogens is 1. The third-order valence-corrected chi connectivity index (χ3v) is 3.32. The molecule has 6 heteroatoms. The first-order valence-corrected chi connectivity index (χ1v) is 7.26. The number of rotatable bonds is 9. The minimum atomic E-state index is -1.09. The van der Waals surface area contributed by atoms with Crippen molar-refractivity contribution in [3.63, 3.8) is 0 Å². The van der Waals surface area contributed by atoms with Crippen molar-refractivity contribution in [1.29, 1.82) is 0 Å². The molecule has 0 aliphatic rings. The van der Waals surface area contributed by atoms with Crippen molar-refractivity contribution < 1.29 is 14.7 Å². The van der Waals surface area contributed by atoms with Crippen LogP contribution in [0, 0.1) is 5.92 Å². The van der Waals surface area contributed by atoms with Gasteiger partial charge in [-0.25, -0.2) is 9.78 Å². The summed E-state index contributed by atoms with van der Waals surface area (Å²) in [6, 6.07) is 2.91. The molecular weight excluding hydrogens is 270 g/mol. The molecule has 1 amide bonds. The van der Waals surface area contributed by atoms with Crippen LogP contribution in [0.4, 0.5) is 5.69 Å². The van der Waals surface area contributed by atoms with E-state index in [4.69, 9.17) is 10.8 Å². The highest BCUT2D eigenvalue weighted by atomic mass is 16.4. The largest absolute Gasteiger partial charge is 0.477 e. The third kappa shape index (κ3) is 6.35. The van der Waals surface area contributed by atoms with Gasteiger partial charge in [-0.2, -0.15) is 0 Å². The molecule has 0 aliphatic heterocycles. The number of carboxylic acids is 1. The number of hydrogen-bond acceptors (Lipinski definition) is 4. The number of nitrogens with two attached hydrogens (primary N) is 1. The van der Waals surface area contributed by atoms with E-state index in [-0.39, 0.29) is 11.6 Å². The number of hydrogen-bond donors (Lipinski definition) is 3. The van der Waals surface area contributed by atoms with Gasteiger partial charge in [-0.3, -0.25) is 4.79 Å². The molecule has 1 aromatic heterocycles. The number of anilines is 1. The van der Waals surface area contributed by atoms with Gasteiger partial charge in [0.05, 0.1) is 11.9 Å². The van der Waals surface area contributed by atoms with E-state index in [1.54, 1.807) is 0 Å². The Morgan fingerprint density at radius 2 is 2.10 bits per heavy atom. The van der Waals surface area contributed by atoms with E-state index >= 15 is 0 Å². The molecule has 1 heterocycles. The maximum absolute atomic E-state index is 11.9. The van der Waals surface area contributed by atoms with Crippen molar-refractivity contribution in [2.75, 3.05) is 11.9 Å². The van der Waals surface area contributed by atoms with Crippen LogP contribution >= 0.6 is 0 Å². The summed E-state index contributed by atoms with van der Waals surface area (Å²) in [6.45, 7) is 2.77. The lowest BCUT2D eigenvalue weighted by Crippen LogP contribution is -2.15. The smallest absolute Gasteiger partial charge is 0.354 e. The normalized spacial score (nSPS) is 11.9. The molecule has 1 rings (SSSR count). The molecule has 1 aromatic rings. The van der Waals surface area contributed by atoms with Crippen LogP contribution in [0.25, 0.3) is 0 Å². The van der Waals surface area contributed by atoms with Crippen molar-refractivity contribution in [1.82, 2.24) is 4.98 Å². The summed E-state index contributed by atoms with van der Waals surface area (Å²) < 4.78 is 0. The quantitative estimate of drug-likeness (QED) is 0.647. The first-order valence-electron chi connectivity index (χ1n) is 7.26. The second-order valence-electron chi connectivity index (χ2n) is 5.06. The summed E-state index contributed by atoms with van der Waals surface area (Å²) >= 11 is 0. The molecule has 0 bridgehead atoms. The summed E-state index contributed by atoms with van der Waals surface area (Å²) in [5, 5.41) is 11.5. The Labute approximate surface area is 124 Å². The molecule has 0 aromatic carbocycles. The van der Waals surface area contributed by atoms with Crippen LogP contribution in [-0.2, 0) is 4.79 Å². The van der Waals surface area contributed by atoms with Gasteiger partial charge < -0.3 is 16.2 Å².